The number of hydrogen-bond donors (Lipinski definition) is 1. The Balaban J connectivity index is 1.89. The van der Waals surface area contributed by atoms with Gasteiger partial charge < -0.3 is 14.7 Å². The largest absolute Gasteiger partial charge is 0.446 e. The standard InChI is InChI=1S/C28H32F6N6O3/c1-16(2)43-26(42)38-9-5-6-23(22-8-7-17(3)18(4)24(22)38)39(25-35-37-40(36-25)10-11-41)15-19-12-20(27(29,30)31)14-21(13-19)28(32,33)34/h7-8,12-14,16,23,41H,5-6,9-11,15H2,1-4H3/t23-/m0/s1. The molecule has 2 heterocycles. The summed E-state index contributed by atoms with van der Waals surface area (Å²) in [5, 5.41) is 21.5. The van der Waals surface area contributed by atoms with Gasteiger partial charge in [-0.25, -0.2) is 4.79 Å². The molecule has 43 heavy (non-hydrogen) atoms. The van der Waals surface area contributed by atoms with E-state index in [-0.39, 0.29) is 37.3 Å². The number of carbonyl (C=O) groups excluding carboxylic acids is 1. The first-order valence-corrected chi connectivity index (χ1v) is 13.6. The van der Waals surface area contributed by atoms with Crippen molar-refractivity contribution in [2.45, 2.75) is 78.1 Å². The van der Waals surface area contributed by atoms with E-state index in [1.807, 2.05) is 19.9 Å². The van der Waals surface area contributed by atoms with Crippen molar-refractivity contribution in [2.24, 2.45) is 0 Å². The first kappa shape index (κ1) is 32.0. The molecule has 4 rings (SSSR count). The third kappa shape index (κ3) is 7.20. The Hall–Kier alpha value is -3.88. The van der Waals surface area contributed by atoms with Crippen molar-refractivity contribution in [2.75, 3.05) is 23.0 Å². The zero-order valence-corrected chi connectivity index (χ0v) is 24.0. The number of aryl methyl sites for hydroxylation is 1. The Labute approximate surface area is 244 Å². The number of aliphatic hydroxyl groups is 1. The van der Waals surface area contributed by atoms with Crippen LogP contribution in [0.1, 0.15) is 66.1 Å². The molecule has 15 heteroatoms. The molecule has 1 amide bonds. The van der Waals surface area contributed by atoms with Crippen molar-refractivity contribution < 1.29 is 41.0 Å². The molecule has 3 aromatic rings. The molecule has 2 aromatic carbocycles. The average Bonchev–Trinajstić information content (AvgIpc) is 3.28. The molecular weight excluding hydrogens is 582 g/mol. The molecule has 1 aliphatic heterocycles. The summed E-state index contributed by atoms with van der Waals surface area (Å²) in [4.78, 5) is 17.3. The number of ether oxygens (including phenoxy) is 1. The maximum absolute atomic E-state index is 13.7. The molecule has 0 radical (unpaired) electrons. The maximum Gasteiger partial charge on any atom is 0.416 e. The summed E-state index contributed by atoms with van der Waals surface area (Å²) in [5.41, 5.74) is -0.377. The van der Waals surface area contributed by atoms with E-state index in [1.54, 1.807) is 19.9 Å². The number of carbonyl (C=O) groups is 1. The number of amides is 1. The number of hydrogen-bond acceptors (Lipinski definition) is 7. The molecule has 0 fully saturated rings. The predicted octanol–water partition coefficient (Wildman–Crippen LogP) is 6.21. The molecule has 1 atom stereocenters. The van der Waals surface area contributed by atoms with Gasteiger partial charge in [-0.1, -0.05) is 17.2 Å². The number of aliphatic hydroxyl groups excluding tert-OH is 1. The lowest BCUT2D eigenvalue weighted by atomic mass is 9.94. The lowest BCUT2D eigenvalue weighted by molar-refractivity contribution is -0.143. The van der Waals surface area contributed by atoms with Gasteiger partial charge in [-0.05, 0) is 86.2 Å². The predicted molar refractivity (Wildman–Crippen MR) is 144 cm³/mol. The first-order valence-electron chi connectivity index (χ1n) is 13.6. The van der Waals surface area contributed by atoms with Crippen molar-refractivity contribution in [3.05, 3.63) is 63.7 Å². The van der Waals surface area contributed by atoms with Gasteiger partial charge in [0.15, 0.2) is 0 Å². The molecule has 9 nitrogen and oxygen atoms in total. The lowest BCUT2D eigenvalue weighted by Crippen LogP contribution is -2.35. The fourth-order valence-corrected chi connectivity index (χ4v) is 5.09. The molecule has 1 aliphatic rings. The van der Waals surface area contributed by atoms with Crippen LogP contribution in [0.25, 0.3) is 0 Å². The van der Waals surface area contributed by atoms with E-state index < -0.39 is 48.3 Å². The quantitative estimate of drug-likeness (QED) is 0.316. The number of rotatable bonds is 7. The highest BCUT2D eigenvalue weighted by molar-refractivity contribution is 5.90. The molecule has 0 aliphatic carbocycles. The third-order valence-electron chi connectivity index (χ3n) is 7.15. The van der Waals surface area contributed by atoms with Gasteiger partial charge in [-0.2, -0.15) is 31.1 Å². The third-order valence-corrected chi connectivity index (χ3v) is 7.15. The highest BCUT2D eigenvalue weighted by Crippen LogP contribution is 2.43. The summed E-state index contributed by atoms with van der Waals surface area (Å²) < 4.78 is 87.6. The molecule has 1 N–H and O–H groups in total. The number of benzene rings is 2. The van der Waals surface area contributed by atoms with Gasteiger partial charge in [0.2, 0.25) is 0 Å². The van der Waals surface area contributed by atoms with Crippen molar-refractivity contribution in [1.29, 1.82) is 0 Å². The van der Waals surface area contributed by atoms with E-state index in [9.17, 15) is 36.2 Å². The zero-order chi connectivity index (χ0) is 31.7. The first-order chi connectivity index (χ1) is 20.1. The van der Waals surface area contributed by atoms with Crippen LogP contribution in [0.2, 0.25) is 0 Å². The number of aromatic nitrogens is 4. The number of anilines is 2. The van der Waals surface area contributed by atoms with Crippen molar-refractivity contribution in [3.63, 3.8) is 0 Å². The smallest absolute Gasteiger partial charge is 0.416 e. The number of tetrazole rings is 1. The van der Waals surface area contributed by atoms with Crippen molar-refractivity contribution in [3.8, 4) is 0 Å². The Kier molecular flexibility index (Phi) is 9.23. The van der Waals surface area contributed by atoms with Gasteiger partial charge in [0.25, 0.3) is 5.95 Å². The summed E-state index contributed by atoms with van der Waals surface area (Å²) >= 11 is 0. The zero-order valence-electron chi connectivity index (χ0n) is 24.0. The van der Waals surface area contributed by atoms with Crippen LogP contribution < -0.4 is 9.80 Å². The number of fused-ring (bicyclic) bond motifs is 1. The average molecular weight is 615 g/mol. The van der Waals surface area contributed by atoms with Gasteiger partial charge in [0, 0.05) is 13.1 Å². The van der Waals surface area contributed by atoms with Crippen LogP contribution in [-0.4, -0.2) is 50.7 Å². The van der Waals surface area contributed by atoms with Gasteiger partial charge >= 0.3 is 18.4 Å². The minimum Gasteiger partial charge on any atom is -0.446 e. The van der Waals surface area contributed by atoms with Crippen LogP contribution in [0.3, 0.4) is 0 Å². The van der Waals surface area contributed by atoms with Crippen LogP contribution in [0.4, 0.5) is 42.8 Å². The summed E-state index contributed by atoms with van der Waals surface area (Å²) in [7, 11) is 0. The minimum absolute atomic E-state index is 0.0308. The summed E-state index contributed by atoms with van der Waals surface area (Å²) in [6.07, 6.45) is -10.2. The Bertz CT molecular complexity index is 1420. The SMILES string of the molecule is Cc1ccc2c(c1C)N(C(=O)OC(C)C)CCC[C@@H]2N(Cc1cc(C(F)(F)F)cc(C(F)(F)F)c1)c1nnn(CCO)n1. The topological polar surface area (TPSA) is 96.6 Å². The molecule has 1 aromatic heterocycles. The monoisotopic (exact) mass is 614 g/mol. The number of alkyl halides is 6. The van der Waals surface area contributed by atoms with E-state index in [4.69, 9.17) is 4.74 Å². The van der Waals surface area contributed by atoms with Crippen LogP contribution in [0.5, 0.6) is 0 Å². The molecule has 0 spiro atoms. The molecule has 0 unspecified atom stereocenters. The highest BCUT2D eigenvalue weighted by Gasteiger charge is 2.38. The van der Waals surface area contributed by atoms with Gasteiger partial charge in [0.1, 0.15) is 0 Å². The van der Waals surface area contributed by atoms with E-state index in [0.717, 1.165) is 15.9 Å². The number of nitrogens with zero attached hydrogens (tertiary/aromatic N) is 6. The van der Waals surface area contributed by atoms with Crippen LogP contribution in [-0.2, 0) is 30.2 Å². The van der Waals surface area contributed by atoms with Crippen molar-refractivity contribution in [1.82, 2.24) is 20.2 Å². The van der Waals surface area contributed by atoms with Crippen molar-refractivity contribution >= 4 is 17.7 Å². The Morgan fingerprint density at radius 1 is 1.09 bits per heavy atom. The molecular formula is C28H32F6N6O3. The lowest BCUT2D eigenvalue weighted by Gasteiger charge is -2.33. The second-order valence-electron chi connectivity index (χ2n) is 10.6. The second-order valence-corrected chi connectivity index (χ2v) is 10.6. The summed E-state index contributed by atoms with van der Waals surface area (Å²) in [6.45, 7) is 6.60. The Morgan fingerprint density at radius 2 is 1.74 bits per heavy atom. The summed E-state index contributed by atoms with van der Waals surface area (Å²) in [6, 6.07) is 4.35. The fourth-order valence-electron chi connectivity index (χ4n) is 5.09. The van der Waals surface area contributed by atoms with Crippen LogP contribution >= 0.6 is 0 Å². The summed E-state index contributed by atoms with van der Waals surface area (Å²) in [5.74, 6) is -0.0631. The molecule has 0 saturated heterocycles. The van der Waals surface area contributed by atoms with Crippen LogP contribution in [0.15, 0.2) is 30.3 Å². The second kappa shape index (κ2) is 12.4. The molecule has 0 saturated carbocycles. The normalized spacial score (nSPS) is 15.8. The number of halogens is 6. The van der Waals surface area contributed by atoms with Gasteiger partial charge in [-0.15, -0.1) is 5.10 Å². The van der Waals surface area contributed by atoms with E-state index >= 15 is 0 Å². The van der Waals surface area contributed by atoms with E-state index in [1.165, 1.54) is 9.80 Å². The highest BCUT2D eigenvalue weighted by atomic mass is 19.4. The molecule has 0 bridgehead atoms. The minimum atomic E-state index is -5.02. The van der Waals surface area contributed by atoms with E-state index in [2.05, 4.69) is 15.4 Å². The van der Waals surface area contributed by atoms with Gasteiger partial charge in [0.05, 0.1) is 42.1 Å². The Morgan fingerprint density at radius 3 is 2.33 bits per heavy atom. The molecule has 234 valence electrons. The fraction of sp³-hybridized carbons (Fsp3) is 0.500. The van der Waals surface area contributed by atoms with E-state index in [0.29, 0.717) is 36.2 Å². The maximum atomic E-state index is 13.7. The van der Waals surface area contributed by atoms with Gasteiger partial charge in [-0.3, -0.25) is 4.90 Å². The van der Waals surface area contributed by atoms with Crippen LogP contribution in [0, 0.1) is 13.8 Å².